The summed E-state index contributed by atoms with van der Waals surface area (Å²) in [6.07, 6.45) is 2.86. The fraction of sp³-hybridized carbons (Fsp3) is 0.273. The van der Waals surface area contributed by atoms with E-state index in [0.717, 1.165) is 60.3 Å². The van der Waals surface area contributed by atoms with Gasteiger partial charge in [0.05, 0.1) is 19.9 Å². The number of hydrogen-bond acceptors (Lipinski definition) is 6. The highest BCUT2D eigenvalue weighted by atomic mass is 16.5. The summed E-state index contributed by atoms with van der Waals surface area (Å²) in [4.78, 5) is 11.8. The van der Waals surface area contributed by atoms with Crippen molar-refractivity contribution in [1.29, 1.82) is 0 Å². The fourth-order valence-electron chi connectivity index (χ4n) is 3.52. The third kappa shape index (κ3) is 3.77. The number of nitrogen functional groups attached to an aromatic ring is 1. The Morgan fingerprint density at radius 1 is 1.04 bits per heavy atom. The smallest absolute Gasteiger partial charge is 0.161 e. The molecule has 0 fully saturated rings. The molecular formula is C22H24N4O2. The van der Waals surface area contributed by atoms with Crippen molar-refractivity contribution in [2.75, 3.05) is 26.5 Å². The predicted octanol–water partition coefficient (Wildman–Crippen LogP) is 3.30. The molecule has 28 heavy (non-hydrogen) atoms. The van der Waals surface area contributed by atoms with Gasteiger partial charge in [0.1, 0.15) is 0 Å². The molecule has 4 rings (SSSR count). The molecule has 0 atom stereocenters. The molecule has 0 radical (unpaired) electrons. The molecule has 0 spiro atoms. The summed E-state index contributed by atoms with van der Waals surface area (Å²) < 4.78 is 10.7. The summed E-state index contributed by atoms with van der Waals surface area (Å²) in [6, 6.07) is 13.7. The van der Waals surface area contributed by atoms with E-state index in [4.69, 9.17) is 20.2 Å². The molecule has 1 aliphatic rings. The Labute approximate surface area is 164 Å². The summed E-state index contributed by atoms with van der Waals surface area (Å²) in [7, 11) is 3.31. The molecule has 0 amide bonds. The van der Waals surface area contributed by atoms with Gasteiger partial charge in [0.25, 0.3) is 0 Å². The first kappa shape index (κ1) is 18.3. The molecule has 0 bridgehead atoms. The molecule has 2 N–H and O–H groups in total. The lowest BCUT2D eigenvalue weighted by Gasteiger charge is -2.28. The second-order valence-corrected chi connectivity index (χ2v) is 6.94. The van der Waals surface area contributed by atoms with Gasteiger partial charge in [-0.15, -0.1) is 0 Å². The van der Waals surface area contributed by atoms with E-state index in [1.807, 2.05) is 42.6 Å². The van der Waals surface area contributed by atoms with Crippen molar-refractivity contribution in [3.05, 3.63) is 65.5 Å². The minimum Gasteiger partial charge on any atom is -0.493 e. The third-order valence-electron chi connectivity index (χ3n) is 5.04. The molecule has 6 heteroatoms. The van der Waals surface area contributed by atoms with Crippen LogP contribution >= 0.6 is 0 Å². The van der Waals surface area contributed by atoms with Crippen LogP contribution in [-0.2, 0) is 19.5 Å². The van der Waals surface area contributed by atoms with E-state index in [0.29, 0.717) is 0 Å². The lowest BCUT2D eigenvalue weighted by molar-refractivity contribution is 0.242. The highest BCUT2D eigenvalue weighted by Gasteiger charge is 2.19. The van der Waals surface area contributed by atoms with Crippen molar-refractivity contribution in [2.45, 2.75) is 19.5 Å². The molecule has 3 aromatic rings. The molecule has 2 heterocycles. The number of nitrogens with two attached hydrogens (primary N) is 1. The minimum absolute atomic E-state index is 0.743. The van der Waals surface area contributed by atoms with E-state index in [9.17, 15) is 0 Å². The predicted molar refractivity (Wildman–Crippen MR) is 109 cm³/mol. The van der Waals surface area contributed by atoms with E-state index >= 15 is 0 Å². The van der Waals surface area contributed by atoms with Gasteiger partial charge in [0.15, 0.2) is 17.3 Å². The Morgan fingerprint density at radius 3 is 2.57 bits per heavy atom. The Bertz CT molecular complexity index is 973. The van der Waals surface area contributed by atoms with Crippen LogP contribution in [0.4, 0.5) is 5.69 Å². The van der Waals surface area contributed by atoms with E-state index in [1.165, 1.54) is 11.1 Å². The van der Waals surface area contributed by atoms with Gasteiger partial charge in [-0.2, -0.15) is 0 Å². The molecule has 1 aliphatic heterocycles. The normalized spacial score (nSPS) is 13.8. The quantitative estimate of drug-likeness (QED) is 0.689. The summed E-state index contributed by atoms with van der Waals surface area (Å²) in [5.74, 6) is 2.26. The first-order chi connectivity index (χ1) is 13.7. The van der Waals surface area contributed by atoms with Crippen LogP contribution in [0.5, 0.6) is 11.5 Å². The average molecular weight is 376 g/mol. The van der Waals surface area contributed by atoms with Crippen molar-refractivity contribution >= 4 is 5.69 Å². The van der Waals surface area contributed by atoms with E-state index in [2.05, 4.69) is 16.0 Å². The number of nitrogens with zero attached hydrogens (tertiary/aromatic N) is 3. The fourth-order valence-corrected chi connectivity index (χ4v) is 3.52. The standard InChI is InChI=1S/C22H24N4O2/c1-27-20-8-3-15(11-21(20)28-2)13-26-10-9-19-17(14-26)12-24-22(25-19)16-4-6-18(23)7-5-16/h3-8,11-12H,9-10,13-14,23H2,1-2H3. The highest BCUT2D eigenvalue weighted by Crippen LogP contribution is 2.29. The average Bonchev–Trinajstić information content (AvgIpc) is 2.74. The Morgan fingerprint density at radius 2 is 1.82 bits per heavy atom. The zero-order valence-corrected chi connectivity index (χ0v) is 16.2. The second-order valence-electron chi connectivity index (χ2n) is 6.94. The summed E-state index contributed by atoms with van der Waals surface area (Å²) in [6.45, 7) is 2.64. The number of benzene rings is 2. The zero-order chi connectivity index (χ0) is 19.5. The van der Waals surface area contributed by atoms with Crippen LogP contribution in [0.1, 0.15) is 16.8 Å². The first-order valence-electron chi connectivity index (χ1n) is 9.30. The van der Waals surface area contributed by atoms with Gasteiger partial charge in [-0.05, 0) is 42.0 Å². The number of rotatable bonds is 5. The topological polar surface area (TPSA) is 73.5 Å². The summed E-state index contributed by atoms with van der Waals surface area (Å²) in [5, 5.41) is 0. The molecule has 0 saturated carbocycles. The Balaban J connectivity index is 1.48. The molecule has 0 unspecified atom stereocenters. The van der Waals surface area contributed by atoms with Crippen LogP contribution in [0.15, 0.2) is 48.7 Å². The van der Waals surface area contributed by atoms with Crippen molar-refractivity contribution in [3.63, 3.8) is 0 Å². The van der Waals surface area contributed by atoms with E-state index in [-0.39, 0.29) is 0 Å². The SMILES string of the molecule is COc1ccc(CN2CCc3nc(-c4ccc(N)cc4)ncc3C2)cc1OC. The monoisotopic (exact) mass is 376 g/mol. The number of hydrogen-bond donors (Lipinski definition) is 1. The van der Waals surface area contributed by atoms with Crippen LogP contribution < -0.4 is 15.2 Å². The van der Waals surface area contributed by atoms with Crippen molar-refractivity contribution in [2.24, 2.45) is 0 Å². The molecule has 0 aliphatic carbocycles. The Kier molecular flexibility index (Phi) is 5.12. The third-order valence-corrected chi connectivity index (χ3v) is 5.04. The van der Waals surface area contributed by atoms with Gasteiger partial charge in [0.2, 0.25) is 0 Å². The molecular weight excluding hydrogens is 352 g/mol. The lowest BCUT2D eigenvalue weighted by atomic mass is 10.1. The number of anilines is 1. The van der Waals surface area contributed by atoms with Gasteiger partial charge < -0.3 is 15.2 Å². The molecule has 2 aromatic carbocycles. The van der Waals surface area contributed by atoms with Gasteiger partial charge in [0, 0.05) is 49.1 Å². The van der Waals surface area contributed by atoms with Crippen LogP contribution in [0, 0.1) is 0 Å². The minimum atomic E-state index is 0.743. The van der Waals surface area contributed by atoms with Gasteiger partial charge in [-0.3, -0.25) is 4.90 Å². The lowest BCUT2D eigenvalue weighted by Crippen LogP contribution is -2.31. The van der Waals surface area contributed by atoms with Crippen LogP contribution in [0.2, 0.25) is 0 Å². The number of methoxy groups -OCH3 is 2. The first-order valence-corrected chi connectivity index (χ1v) is 9.30. The van der Waals surface area contributed by atoms with Crippen molar-refractivity contribution in [3.8, 4) is 22.9 Å². The Hall–Kier alpha value is -3.12. The summed E-state index contributed by atoms with van der Waals surface area (Å²) >= 11 is 0. The summed E-state index contributed by atoms with van der Waals surface area (Å²) in [5.41, 5.74) is 11.0. The van der Waals surface area contributed by atoms with Gasteiger partial charge >= 0.3 is 0 Å². The van der Waals surface area contributed by atoms with Crippen LogP contribution in [-0.4, -0.2) is 35.6 Å². The van der Waals surface area contributed by atoms with Crippen molar-refractivity contribution in [1.82, 2.24) is 14.9 Å². The van der Waals surface area contributed by atoms with E-state index in [1.54, 1.807) is 14.2 Å². The van der Waals surface area contributed by atoms with Gasteiger partial charge in [-0.25, -0.2) is 9.97 Å². The number of aromatic nitrogens is 2. The highest BCUT2D eigenvalue weighted by molar-refractivity contribution is 5.58. The number of ether oxygens (including phenoxy) is 2. The molecule has 0 saturated heterocycles. The van der Waals surface area contributed by atoms with Gasteiger partial charge in [-0.1, -0.05) is 6.07 Å². The van der Waals surface area contributed by atoms with E-state index < -0.39 is 0 Å². The largest absolute Gasteiger partial charge is 0.493 e. The zero-order valence-electron chi connectivity index (χ0n) is 16.2. The molecule has 6 nitrogen and oxygen atoms in total. The van der Waals surface area contributed by atoms with Crippen molar-refractivity contribution < 1.29 is 9.47 Å². The molecule has 1 aromatic heterocycles. The number of fused-ring (bicyclic) bond motifs is 1. The maximum atomic E-state index is 5.77. The second kappa shape index (κ2) is 7.86. The van der Waals surface area contributed by atoms with Crippen LogP contribution in [0.3, 0.4) is 0 Å². The maximum absolute atomic E-state index is 5.77. The molecule has 144 valence electrons. The van der Waals surface area contributed by atoms with Crippen LogP contribution in [0.25, 0.3) is 11.4 Å². The maximum Gasteiger partial charge on any atom is 0.161 e.